The third kappa shape index (κ3) is 60.7. The van der Waals surface area contributed by atoms with Crippen molar-refractivity contribution in [3.63, 3.8) is 0 Å². The minimum atomic E-state index is -1.59. The molecular weight excluding hydrogens is 1950 g/mol. The summed E-state index contributed by atoms with van der Waals surface area (Å²) in [5.41, 5.74) is 5.55. The second-order valence-corrected chi connectivity index (χ2v) is 28.5. The van der Waals surface area contributed by atoms with Crippen molar-refractivity contribution in [3.05, 3.63) is 325 Å². The first-order chi connectivity index (χ1) is 60.6. The molecule has 12 rings (SSSR count). The molecule has 0 atom stereocenters. The molecule has 12 aromatic rings. The second kappa shape index (κ2) is 82.5. The summed E-state index contributed by atoms with van der Waals surface area (Å²) < 4.78 is 8.91. The van der Waals surface area contributed by atoms with Crippen molar-refractivity contribution in [1.82, 2.24) is 39.9 Å². The topological polar surface area (TPSA) is 442 Å². The molecule has 12 aromatic heterocycles. The quantitative estimate of drug-likeness (QED) is 0.00803. The molecule has 36 heteroatoms. The zero-order chi connectivity index (χ0) is 96.0. The summed E-state index contributed by atoms with van der Waals surface area (Å²) >= 11 is 22.2. The summed E-state index contributed by atoms with van der Waals surface area (Å²) in [4.78, 5) is 109. The fraction of sp³-hybridized carbons (Fsp3) is 0.174. The van der Waals surface area contributed by atoms with Crippen LogP contribution in [0.15, 0.2) is 242 Å². The van der Waals surface area contributed by atoms with Gasteiger partial charge in [0.15, 0.2) is 0 Å². The smallest absolute Gasteiger partial charge is 0.753 e. The molecule has 26 nitrogen and oxygen atoms in total. The maximum atomic E-state index is 11.0. The van der Waals surface area contributed by atoms with Crippen molar-refractivity contribution in [2.45, 2.75) is 111 Å². The van der Waals surface area contributed by atoms with Gasteiger partial charge in [-0.25, -0.2) is 19.2 Å². The standard InChI is InChI=1S/C18H10N4O4.C18H12N2O8.2C10H8N2.4C6H8S.4C2H6.4CNS.2Ru/c19-9-14(18(24)25)5-12-1-3-21-16(7-12)17-8-13(2-4-22-17)6-15(10-20)26-11-23;21-9-28-15(18(26)27)8-11-2-4-20-14(7-11)13-6-10(1-3-19-13)5-12(16(22)23)17(24)25;2*1-3-7-11-9(5-1)10-6-2-4-8-12-10;4*1-5-3-4-6(2)7-5;4*1-2;4*2-1-3;;/h1-8,11H,(H,24,25);1-9H,(H,22,23)(H,24,25)(H,26,27);2*1-8H;4*3-4H,1-2H3;4*1-2H3;;;;;;/q;;;;;;;;;;;;4*-1;2*+2/b14-5+,15-6+;15-8+;;;;;;;;;;;;;;;;. The van der Waals surface area contributed by atoms with Gasteiger partial charge in [0.2, 0.25) is 11.5 Å². The van der Waals surface area contributed by atoms with Gasteiger partial charge in [-0.05, 0) is 248 Å². The van der Waals surface area contributed by atoms with E-state index in [1.807, 2.05) is 174 Å². The minimum Gasteiger partial charge on any atom is -0.753 e. The predicted octanol–water partition coefficient (Wildman–Crippen LogP) is 23.9. The van der Waals surface area contributed by atoms with Crippen LogP contribution in [0.2, 0.25) is 0 Å². The molecule has 0 aliphatic heterocycles. The summed E-state index contributed by atoms with van der Waals surface area (Å²) in [5, 5.41) is 87.4. The maximum absolute atomic E-state index is 11.0. The molecule has 12 heterocycles. The monoisotopic (exact) mass is 2050 g/mol. The van der Waals surface area contributed by atoms with Crippen LogP contribution in [0.1, 0.15) is 117 Å². The van der Waals surface area contributed by atoms with Crippen molar-refractivity contribution in [1.29, 1.82) is 10.5 Å². The van der Waals surface area contributed by atoms with E-state index in [-0.39, 0.29) is 68.9 Å². The summed E-state index contributed by atoms with van der Waals surface area (Å²) in [6, 6.07) is 55.8. The van der Waals surface area contributed by atoms with Crippen molar-refractivity contribution >= 4 is 176 Å². The van der Waals surface area contributed by atoms with E-state index < -0.39 is 40.8 Å². The van der Waals surface area contributed by atoms with Crippen LogP contribution in [0.5, 0.6) is 0 Å². The first-order valence-electron chi connectivity index (χ1n) is 37.1. The Hall–Kier alpha value is -12.8. The second-order valence-electron chi connectivity index (χ2n) is 21.8. The van der Waals surface area contributed by atoms with Crippen LogP contribution in [0.3, 0.4) is 0 Å². The fourth-order valence-electron chi connectivity index (χ4n) is 8.33. The number of carbonyl (C=O) groups is 6. The number of hydrogen-bond donors (Lipinski definition) is 4. The molecule has 0 bridgehead atoms. The van der Waals surface area contributed by atoms with Gasteiger partial charge in [0.25, 0.3) is 12.9 Å². The summed E-state index contributed by atoms with van der Waals surface area (Å²) in [7, 11) is 0. The molecule has 0 unspecified atom stereocenters. The number of hydrogen-bond acceptors (Lipinski definition) is 26. The van der Waals surface area contributed by atoms with E-state index >= 15 is 0 Å². The van der Waals surface area contributed by atoms with Crippen molar-refractivity contribution in [3.8, 4) is 57.7 Å². The number of ether oxygens (including phenoxy) is 2. The number of aryl methyl sites for hydroxylation is 8. The number of carboxylic acid groups (broad SMARTS) is 4. The largest absolute Gasteiger partial charge is 2.00 e. The molecule has 0 aliphatic rings. The number of rotatable bonds is 16. The van der Waals surface area contributed by atoms with E-state index in [2.05, 4.69) is 202 Å². The minimum absolute atomic E-state index is 0. The van der Waals surface area contributed by atoms with Gasteiger partial charge in [-0.1, -0.05) is 129 Å². The van der Waals surface area contributed by atoms with Gasteiger partial charge < -0.3 is 51.5 Å². The van der Waals surface area contributed by atoms with Crippen molar-refractivity contribution < 1.29 is 97.6 Å². The van der Waals surface area contributed by atoms with E-state index in [0.29, 0.717) is 33.8 Å². The number of nitriles is 2. The van der Waals surface area contributed by atoms with Crippen LogP contribution in [0.4, 0.5) is 0 Å². The number of isothiocyanates is 4. The third-order valence-electron chi connectivity index (χ3n) is 13.0. The molecule has 0 fully saturated rings. The molecule has 4 N–H and O–H groups in total. The fourth-order valence-corrected chi connectivity index (χ4v) is 11.4. The summed E-state index contributed by atoms with van der Waals surface area (Å²) in [5.74, 6) is -6.72. The van der Waals surface area contributed by atoms with E-state index in [1.165, 1.54) is 121 Å². The Labute approximate surface area is 810 Å². The van der Waals surface area contributed by atoms with Crippen molar-refractivity contribution in [2.75, 3.05) is 0 Å². The predicted molar refractivity (Wildman–Crippen MR) is 522 cm³/mol. The van der Waals surface area contributed by atoms with E-state index in [1.54, 1.807) is 61.2 Å². The normalized spacial score (nSPS) is 8.91. The zero-order valence-electron chi connectivity index (χ0n) is 72.5. The molecule has 0 aliphatic carbocycles. The van der Waals surface area contributed by atoms with Crippen LogP contribution < -0.4 is 0 Å². The van der Waals surface area contributed by atoms with E-state index in [9.17, 15) is 28.8 Å². The molecule has 0 aromatic carbocycles. The Morgan fingerprint density at radius 1 is 0.328 bits per heavy atom. The van der Waals surface area contributed by atoms with Crippen LogP contribution in [-0.2, 0) is 77.2 Å². The molecule has 668 valence electrons. The molecule has 0 amide bonds. The number of pyridine rings is 8. The number of carboxylic acids is 4. The van der Waals surface area contributed by atoms with Crippen molar-refractivity contribution in [2.24, 2.45) is 0 Å². The average Bonchev–Trinajstić information content (AvgIpc) is 1.78. The number of nitrogens with zero attached hydrogens (tertiary/aromatic N) is 14. The zero-order valence-corrected chi connectivity index (χ0v) is 82.5. The first kappa shape index (κ1) is 126. The van der Waals surface area contributed by atoms with Crippen LogP contribution in [0.25, 0.3) is 91.5 Å². The Morgan fingerprint density at radius 3 is 0.750 bits per heavy atom. The molecule has 0 saturated heterocycles. The Bertz CT molecular complexity index is 5090. The number of carbonyl (C=O) groups excluding carboxylic acids is 2. The van der Waals surface area contributed by atoms with Gasteiger partial charge in [0, 0.05) is 88.6 Å². The van der Waals surface area contributed by atoms with E-state index in [0.717, 1.165) is 34.9 Å². The van der Waals surface area contributed by atoms with Gasteiger partial charge in [-0.15, -0.1) is 45.3 Å². The molecule has 0 saturated carbocycles. The SMILES string of the molecule is CC.CC.CC.CC.Cc1ccc(C)s1.Cc1ccc(C)s1.Cc1ccc(C)s1.Cc1ccc(C)s1.N#C/C(=C\c1ccnc(-c2cc(/C=C(\C#N)C(=O)O)ccn2)c1)OC=O.O=CO/C(=C/c1ccnc(-c2cc(C=C(C(=O)O)C(=O)O)ccn2)c1)C(=O)O.[N-]=C=S.[N-]=C=S.[N-]=C=S.[N-]=C=S.[Ru+2].[Ru+2].c1ccc(-c2ccccn2)nc1.c1ccc(-c2ccccn2)nc1. The van der Waals surface area contributed by atoms with E-state index in [4.69, 9.17) is 52.6 Å². The Balaban J connectivity index is -0.000000337. The Morgan fingerprint density at radius 2 is 0.562 bits per heavy atom. The maximum Gasteiger partial charge on any atom is 2.00 e. The van der Waals surface area contributed by atoms with Gasteiger partial charge in [0.05, 0.1) is 45.6 Å². The van der Waals surface area contributed by atoms with Gasteiger partial charge >= 0.3 is 62.8 Å². The number of aromatic nitrogens is 8. The third-order valence-corrected chi connectivity index (χ3v) is 16.7. The number of thiophene rings is 4. The van der Waals surface area contributed by atoms with Gasteiger partial charge in [-0.3, -0.25) is 49.5 Å². The number of thiocarbonyl (C=S) groups is 4. The first-order valence-corrected chi connectivity index (χ1v) is 42.0. The molecular formula is C92H94N14O12Ru2S8. The summed E-state index contributed by atoms with van der Waals surface area (Å²) in [6.45, 7) is 33.1. The number of aliphatic carboxylic acids is 4. The van der Waals surface area contributed by atoms with Crippen LogP contribution >= 0.6 is 94.2 Å². The molecule has 0 spiro atoms. The average molecular weight is 2050 g/mol. The van der Waals surface area contributed by atoms with Crippen LogP contribution in [-0.4, -0.2) is 118 Å². The molecule has 0 radical (unpaired) electrons. The number of allylic oxidation sites excluding steroid dienone is 1. The molecule has 128 heavy (non-hydrogen) atoms. The van der Waals surface area contributed by atoms with Gasteiger partial charge in [-0.2, -0.15) is 31.2 Å². The van der Waals surface area contributed by atoms with Crippen LogP contribution in [0, 0.1) is 78.1 Å². The van der Waals surface area contributed by atoms with Gasteiger partial charge in [0.1, 0.15) is 23.3 Å². The summed E-state index contributed by atoms with van der Waals surface area (Å²) in [6.07, 6.45) is 17.4. The Kier molecular flexibility index (Phi) is 81.2.